The highest BCUT2D eigenvalue weighted by molar-refractivity contribution is 5.92. The number of likely N-dealkylation sites (tertiary alicyclic amines) is 1. The molecule has 0 spiro atoms. The van der Waals surface area contributed by atoms with E-state index in [2.05, 4.69) is 22.3 Å². The van der Waals surface area contributed by atoms with Crippen molar-refractivity contribution in [2.24, 2.45) is 5.92 Å². The van der Waals surface area contributed by atoms with Crippen molar-refractivity contribution in [2.45, 2.75) is 44.7 Å². The van der Waals surface area contributed by atoms with Gasteiger partial charge >= 0.3 is 6.03 Å². The third kappa shape index (κ3) is 3.04. The lowest BCUT2D eigenvalue weighted by molar-refractivity contribution is -0.122. The van der Waals surface area contributed by atoms with Gasteiger partial charge in [-0.3, -0.25) is 4.98 Å². The fourth-order valence-corrected chi connectivity index (χ4v) is 5.43. The number of rotatable bonds is 4. The van der Waals surface area contributed by atoms with Crippen molar-refractivity contribution in [3.05, 3.63) is 48.4 Å². The molecule has 1 saturated heterocycles. The summed E-state index contributed by atoms with van der Waals surface area (Å²) >= 11 is 0. The number of nitrogens with zero attached hydrogens (tertiary/aromatic N) is 4. The van der Waals surface area contributed by atoms with Gasteiger partial charge in [-0.05, 0) is 55.9 Å². The molecule has 1 aliphatic heterocycles. The maximum Gasteiger partial charge on any atom is 0.322 e. The molecular weight excluding hydrogens is 378 g/mol. The maximum absolute atomic E-state index is 13.2. The van der Waals surface area contributed by atoms with Gasteiger partial charge in [-0.15, -0.1) is 0 Å². The van der Waals surface area contributed by atoms with Crippen molar-refractivity contribution in [1.29, 1.82) is 0 Å². The first kappa shape index (κ1) is 19.1. The van der Waals surface area contributed by atoms with Crippen LogP contribution < -0.4 is 5.32 Å². The van der Waals surface area contributed by atoms with Crippen LogP contribution in [-0.2, 0) is 4.74 Å². The number of aryl methyl sites for hydroxylation is 1. The zero-order chi connectivity index (χ0) is 20.9. The SMILES string of the molecule is COC[C@]12C[C@H](C)C[C@H](C1)N2C(=O)Nc1ccc(C)c(-c2cn3nccc3cn2)c1. The molecule has 30 heavy (non-hydrogen) atoms. The smallest absolute Gasteiger partial charge is 0.322 e. The second-order valence-electron chi connectivity index (χ2n) is 8.86. The van der Waals surface area contributed by atoms with Crippen molar-refractivity contribution in [3.8, 4) is 11.3 Å². The summed E-state index contributed by atoms with van der Waals surface area (Å²) in [6.45, 7) is 4.90. The number of benzene rings is 1. The molecule has 1 aliphatic carbocycles. The number of nitrogens with one attached hydrogen (secondary N) is 1. The van der Waals surface area contributed by atoms with Gasteiger partial charge in [0, 0.05) is 24.4 Å². The molecule has 2 fully saturated rings. The number of anilines is 1. The standard InChI is InChI=1S/C23H27N5O2/c1-15-8-19-11-23(10-15,14-30-3)28(19)22(29)26-17-5-4-16(2)20(9-17)21-13-27-18(12-24-21)6-7-25-27/h4-7,9,12-13,15,19H,8,10-11,14H2,1-3H3,(H,26,29)/t15-,19-,23+/m1/s1. The minimum atomic E-state index is -0.165. The number of carbonyl (C=O) groups is 1. The Labute approximate surface area is 176 Å². The fourth-order valence-electron chi connectivity index (χ4n) is 5.43. The number of fused-ring (bicyclic) bond motifs is 3. The van der Waals surface area contributed by atoms with E-state index in [0.29, 0.717) is 18.6 Å². The van der Waals surface area contributed by atoms with Crippen LogP contribution in [0.25, 0.3) is 16.8 Å². The van der Waals surface area contributed by atoms with Crippen molar-refractivity contribution < 1.29 is 9.53 Å². The van der Waals surface area contributed by atoms with E-state index >= 15 is 0 Å². The van der Waals surface area contributed by atoms with E-state index in [4.69, 9.17) is 4.74 Å². The van der Waals surface area contributed by atoms with E-state index in [9.17, 15) is 4.79 Å². The van der Waals surface area contributed by atoms with Crippen molar-refractivity contribution in [3.63, 3.8) is 0 Å². The van der Waals surface area contributed by atoms with Gasteiger partial charge in [0.2, 0.25) is 0 Å². The zero-order valence-electron chi connectivity index (χ0n) is 17.6. The topological polar surface area (TPSA) is 71.8 Å². The molecule has 156 valence electrons. The molecule has 7 heteroatoms. The molecule has 2 bridgehead atoms. The van der Waals surface area contributed by atoms with Crippen molar-refractivity contribution >= 4 is 17.2 Å². The summed E-state index contributed by atoms with van der Waals surface area (Å²) in [5.41, 5.74) is 4.45. The molecule has 3 aromatic rings. The third-order valence-corrected chi connectivity index (χ3v) is 6.57. The second-order valence-corrected chi connectivity index (χ2v) is 8.86. The maximum atomic E-state index is 13.2. The van der Waals surface area contributed by atoms with E-state index in [1.165, 1.54) is 0 Å². The molecule has 1 saturated carbocycles. The van der Waals surface area contributed by atoms with Crippen LogP contribution in [0, 0.1) is 12.8 Å². The predicted octanol–water partition coefficient (Wildman–Crippen LogP) is 4.13. The Morgan fingerprint density at radius 3 is 3.03 bits per heavy atom. The summed E-state index contributed by atoms with van der Waals surface area (Å²) in [4.78, 5) is 19.8. The van der Waals surface area contributed by atoms with Gasteiger partial charge < -0.3 is 15.0 Å². The zero-order valence-corrected chi connectivity index (χ0v) is 17.6. The molecule has 1 aromatic carbocycles. The summed E-state index contributed by atoms with van der Waals surface area (Å²) in [6, 6.07) is 8.14. The first-order valence-electron chi connectivity index (χ1n) is 10.5. The lowest BCUT2D eigenvalue weighted by atomic mass is 9.65. The van der Waals surface area contributed by atoms with Gasteiger partial charge in [-0.1, -0.05) is 13.0 Å². The number of urea groups is 1. The molecule has 3 heterocycles. The third-order valence-electron chi connectivity index (χ3n) is 6.57. The number of carbonyl (C=O) groups excluding carboxylic acids is 1. The molecule has 7 nitrogen and oxygen atoms in total. The number of piperidine rings is 1. The number of ether oxygens (including phenoxy) is 1. The first-order valence-corrected chi connectivity index (χ1v) is 10.5. The number of amides is 2. The lowest BCUT2D eigenvalue weighted by Crippen LogP contribution is -2.74. The van der Waals surface area contributed by atoms with Crippen molar-refractivity contribution in [1.82, 2.24) is 19.5 Å². The summed E-state index contributed by atoms with van der Waals surface area (Å²) in [5, 5.41) is 7.42. The van der Waals surface area contributed by atoms with Crippen LogP contribution >= 0.6 is 0 Å². The monoisotopic (exact) mass is 405 g/mol. The Balaban J connectivity index is 1.40. The number of hydrogen-bond acceptors (Lipinski definition) is 4. The first-order chi connectivity index (χ1) is 14.5. The van der Waals surface area contributed by atoms with Gasteiger partial charge in [0.25, 0.3) is 0 Å². The fraction of sp³-hybridized carbons (Fsp3) is 0.435. The van der Waals surface area contributed by atoms with Crippen molar-refractivity contribution in [2.75, 3.05) is 19.0 Å². The molecule has 5 rings (SSSR count). The normalized spacial score (nSPS) is 25.2. The summed E-state index contributed by atoms with van der Waals surface area (Å²) in [6.07, 6.45) is 8.57. The van der Waals surface area contributed by atoms with Gasteiger partial charge in [0.05, 0.1) is 41.9 Å². The van der Waals surface area contributed by atoms with Gasteiger partial charge in [-0.2, -0.15) is 5.10 Å². The average molecular weight is 406 g/mol. The molecule has 0 radical (unpaired) electrons. The van der Waals surface area contributed by atoms with Gasteiger partial charge in [0.15, 0.2) is 0 Å². The Kier molecular flexibility index (Phi) is 4.50. The van der Waals surface area contributed by atoms with E-state index in [-0.39, 0.29) is 11.6 Å². The molecular formula is C23H27N5O2. The number of aromatic nitrogens is 3. The largest absolute Gasteiger partial charge is 0.382 e. The highest BCUT2D eigenvalue weighted by Crippen LogP contribution is 2.50. The Morgan fingerprint density at radius 1 is 1.33 bits per heavy atom. The molecule has 0 unspecified atom stereocenters. The minimum absolute atomic E-state index is 0.0412. The molecule has 3 atom stereocenters. The van der Waals surface area contributed by atoms with Crippen LogP contribution in [0.2, 0.25) is 0 Å². The molecule has 2 amide bonds. The summed E-state index contributed by atoms with van der Waals surface area (Å²) < 4.78 is 7.29. The van der Waals surface area contributed by atoms with E-state index in [0.717, 1.165) is 47.3 Å². The molecule has 2 aliphatic rings. The quantitative estimate of drug-likeness (QED) is 0.709. The van der Waals surface area contributed by atoms with E-state index in [1.54, 1.807) is 13.3 Å². The highest BCUT2D eigenvalue weighted by atomic mass is 16.5. The number of hydrogen-bond donors (Lipinski definition) is 1. The Hall–Kier alpha value is -2.93. The summed E-state index contributed by atoms with van der Waals surface area (Å²) in [5.74, 6) is 0.622. The Morgan fingerprint density at radius 2 is 2.20 bits per heavy atom. The van der Waals surface area contributed by atoms with Crippen LogP contribution in [0.1, 0.15) is 31.7 Å². The van der Waals surface area contributed by atoms with E-state index < -0.39 is 0 Å². The van der Waals surface area contributed by atoms with Crippen LogP contribution in [0.5, 0.6) is 0 Å². The van der Waals surface area contributed by atoms with Crippen LogP contribution in [0.3, 0.4) is 0 Å². The minimum Gasteiger partial charge on any atom is -0.382 e. The highest BCUT2D eigenvalue weighted by Gasteiger charge is 2.58. The Bertz CT molecular complexity index is 1110. The van der Waals surface area contributed by atoms with Crippen LogP contribution in [0.15, 0.2) is 42.9 Å². The molecule has 2 aromatic heterocycles. The predicted molar refractivity (Wildman–Crippen MR) is 115 cm³/mol. The average Bonchev–Trinajstić information content (AvgIpc) is 3.16. The van der Waals surface area contributed by atoms with E-state index in [1.807, 2.05) is 53.0 Å². The summed E-state index contributed by atoms with van der Waals surface area (Å²) in [7, 11) is 1.72. The lowest BCUT2D eigenvalue weighted by Gasteiger charge is -2.63. The van der Waals surface area contributed by atoms with Crippen LogP contribution in [0.4, 0.5) is 10.5 Å². The van der Waals surface area contributed by atoms with Gasteiger partial charge in [-0.25, -0.2) is 9.31 Å². The van der Waals surface area contributed by atoms with Gasteiger partial charge in [0.1, 0.15) is 0 Å². The molecule has 1 N–H and O–H groups in total. The second kappa shape index (κ2) is 7.09. The van der Waals surface area contributed by atoms with Crippen LogP contribution in [-0.4, -0.2) is 50.8 Å². The number of methoxy groups -OCH3 is 1.